The van der Waals surface area contributed by atoms with E-state index in [9.17, 15) is 24.0 Å². The minimum Gasteiger partial charge on any atom is -0.483 e. The number of anilines is 2. The van der Waals surface area contributed by atoms with Gasteiger partial charge in [-0.1, -0.05) is 36.3 Å². The van der Waals surface area contributed by atoms with Crippen molar-refractivity contribution < 1.29 is 43.0 Å². The molecule has 6 aliphatic heterocycles. The van der Waals surface area contributed by atoms with Crippen LogP contribution < -0.4 is 25.2 Å². The first-order valence-corrected chi connectivity index (χ1v) is 23.7. The summed E-state index contributed by atoms with van der Waals surface area (Å²) in [6.45, 7) is 5.80. The SMILES string of the molecule is C#Cc1cccc2cccc(-c3ncc4c(N5CC6CCC(C5)N6)nc(OCCN5CCN(C(=O)C6CCN(c7ccc8c(c7)C(=O)N(C7CCC(=O)NC7=O)C8=O)CC6)CC5)nc4c3F)c12.O=CO. The minimum absolute atomic E-state index is 0.0589. The van der Waals surface area contributed by atoms with Gasteiger partial charge in [-0.2, -0.15) is 9.97 Å². The Bertz CT molecular complexity index is 2970. The number of hydrogen-bond acceptors (Lipinski definition) is 14. The van der Waals surface area contributed by atoms with E-state index < -0.39 is 35.5 Å². The molecule has 19 heteroatoms. The van der Waals surface area contributed by atoms with Gasteiger partial charge in [0.15, 0.2) is 5.82 Å². The molecule has 11 rings (SSSR count). The number of nitrogens with zero attached hydrogens (tertiary/aromatic N) is 8. The number of carbonyl (C=O) groups excluding carboxylic acids is 5. The molecule has 3 aromatic carbocycles. The number of carboxylic acid groups (broad SMARTS) is 1. The minimum atomic E-state index is -1.02. The van der Waals surface area contributed by atoms with Crippen molar-refractivity contribution in [1.29, 1.82) is 0 Å². The van der Waals surface area contributed by atoms with Gasteiger partial charge in [-0.25, -0.2) is 4.39 Å². The van der Waals surface area contributed by atoms with Crippen molar-refractivity contribution in [1.82, 2.24) is 40.3 Å². The van der Waals surface area contributed by atoms with Crippen LogP contribution in [-0.4, -0.2) is 154 Å². The number of pyridine rings is 1. The van der Waals surface area contributed by atoms with Crippen molar-refractivity contribution in [3.63, 3.8) is 0 Å². The number of benzene rings is 3. The number of aromatic nitrogens is 3. The molecule has 0 saturated carbocycles. The van der Waals surface area contributed by atoms with Gasteiger partial charge in [-0.05, 0) is 61.8 Å². The van der Waals surface area contributed by atoms with Crippen LogP contribution in [0.25, 0.3) is 32.9 Å². The molecule has 0 spiro atoms. The van der Waals surface area contributed by atoms with Gasteiger partial charge in [-0.3, -0.25) is 48.9 Å². The molecule has 360 valence electrons. The van der Waals surface area contributed by atoms with E-state index >= 15 is 4.39 Å². The Hall–Kier alpha value is -7.56. The molecule has 5 aromatic rings. The van der Waals surface area contributed by atoms with Gasteiger partial charge in [0, 0.05) is 112 Å². The first-order valence-electron chi connectivity index (χ1n) is 23.7. The normalized spacial score (nSPS) is 21.6. The van der Waals surface area contributed by atoms with E-state index in [0.29, 0.717) is 93.1 Å². The second-order valence-electron chi connectivity index (χ2n) is 18.5. The van der Waals surface area contributed by atoms with Crippen molar-refractivity contribution in [3.05, 3.63) is 83.3 Å². The average molecular weight is 951 g/mol. The van der Waals surface area contributed by atoms with Crippen molar-refractivity contribution in [3.8, 4) is 29.6 Å². The van der Waals surface area contributed by atoms with E-state index in [4.69, 9.17) is 26.0 Å². The van der Waals surface area contributed by atoms with Gasteiger partial charge in [0.25, 0.3) is 18.3 Å². The van der Waals surface area contributed by atoms with E-state index in [1.807, 2.05) is 41.3 Å². The van der Waals surface area contributed by atoms with E-state index in [0.717, 1.165) is 47.3 Å². The summed E-state index contributed by atoms with van der Waals surface area (Å²) < 4.78 is 23.2. The van der Waals surface area contributed by atoms with Crippen LogP contribution in [0.4, 0.5) is 15.9 Å². The van der Waals surface area contributed by atoms with Crippen LogP contribution in [0, 0.1) is 24.1 Å². The molecule has 8 heterocycles. The molecule has 6 aliphatic rings. The molecule has 70 heavy (non-hydrogen) atoms. The Labute approximate surface area is 402 Å². The highest BCUT2D eigenvalue weighted by Crippen LogP contribution is 2.38. The van der Waals surface area contributed by atoms with Crippen LogP contribution in [0.3, 0.4) is 0 Å². The van der Waals surface area contributed by atoms with Gasteiger partial charge in [0.05, 0.1) is 16.5 Å². The van der Waals surface area contributed by atoms with E-state index in [-0.39, 0.29) is 66.1 Å². The number of halogens is 1. The lowest BCUT2D eigenvalue weighted by molar-refractivity contribution is -0.138. The summed E-state index contributed by atoms with van der Waals surface area (Å²) in [6.07, 6.45) is 11.2. The molecule has 5 fully saturated rings. The van der Waals surface area contributed by atoms with Gasteiger partial charge in [-0.15, -0.1) is 6.42 Å². The highest BCUT2D eigenvalue weighted by Gasteiger charge is 2.45. The summed E-state index contributed by atoms with van der Waals surface area (Å²) in [6, 6.07) is 16.2. The van der Waals surface area contributed by atoms with E-state index in [1.165, 1.54) is 0 Å². The van der Waals surface area contributed by atoms with E-state index in [2.05, 4.69) is 41.2 Å². The van der Waals surface area contributed by atoms with E-state index in [1.54, 1.807) is 24.4 Å². The molecule has 3 unspecified atom stereocenters. The number of terminal acetylenes is 1. The molecule has 2 bridgehead atoms. The zero-order valence-electron chi connectivity index (χ0n) is 38.3. The fourth-order valence-corrected chi connectivity index (χ4v) is 10.9. The van der Waals surface area contributed by atoms with Crippen LogP contribution in [0.1, 0.15) is 64.8 Å². The number of rotatable bonds is 9. The molecule has 0 radical (unpaired) electrons. The van der Waals surface area contributed by atoms with Gasteiger partial charge < -0.3 is 29.9 Å². The van der Waals surface area contributed by atoms with Crippen LogP contribution in [0.2, 0.25) is 0 Å². The quantitative estimate of drug-likeness (QED) is 0.110. The summed E-state index contributed by atoms with van der Waals surface area (Å²) in [5.41, 5.74) is 2.80. The highest BCUT2D eigenvalue weighted by molar-refractivity contribution is 6.23. The lowest BCUT2D eigenvalue weighted by Gasteiger charge is -2.39. The Kier molecular flexibility index (Phi) is 12.8. The standard InChI is InChI=1S/C50H49FN10O6.CH2O2/c1-2-29-5-3-6-30-7-4-8-36(41(29)30)43-42(51)44-38(26-52-43)45(60-27-32-9-10-33(28-60)53-32)56-50(55-44)67-24-23-57-19-21-59(22-20-57)47(64)31-15-17-58(18-16-31)34-11-12-35-37(25-34)49(66)61(48(35)65)39-13-14-40(62)54-46(39)63;2-1-3/h1,3-8,11-12,25-26,31-33,39,53H,9-10,13-24,27-28H2,(H,54,62,63);1H,(H,2,3). The topological polar surface area (TPSA) is 211 Å². The van der Waals surface area contributed by atoms with Crippen LogP contribution >= 0.6 is 0 Å². The first kappa shape index (κ1) is 46.2. The maximum atomic E-state index is 16.9. The number of hydrogen-bond donors (Lipinski definition) is 3. The van der Waals surface area contributed by atoms with Crippen molar-refractivity contribution in [2.45, 2.75) is 56.7 Å². The van der Waals surface area contributed by atoms with Gasteiger partial charge in [0.2, 0.25) is 17.7 Å². The molecule has 3 N–H and O–H groups in total. The van der Waals surface area contributed by atoms with Gasteiger partial charge >= 0.3 is 6.01 Å². The number of amides is 5. The Morgan fingerprint density at radius 2 is 1.59 bits per heavy atom. The summed E-state index contributed by atoms with van der Waals surface area (Å²) in [5, 5.41) is 14.9. The van der Waals surface area contributed by atoms with Crippen LogP contribution in [0.15, 0.2) is 60.8 Å². The number of piperidine rings is 2. The van der Waals surface area contributed by atoms with Crippen LogP contribution in [0.5, 0.6) is 6.01 Å². The molecular weight excluding hydrogens is 900 g/mol. The monoisotopic (exact) mass is 950 g/mol. The van der Waals surface area contributed by atoms with Crippen molar-refractivity contribution in [2.24, 2.45) is 5.92 Å². The third-order valence-electron chi connectivity index (χ3n) is 14.4. The summed E-state index contributed by atoms with van der Waals surface area (Å²) in [7, 11) is 0. The molecule has 2 aromatic heterocycles. The zero-order valence-corrected chi connectivity index (χ0v) is 38.3. The molecule has 5 saturated heterocycles. The second kappa shape index (κ2) is 19.4. The number of nitrogens with one attached hydrogen (secondary N) is 2. The predicted molar refractivity (Wildman–Crippen MR) is 256 cm³/mol. The van der Waals surface area contributed by atoms with Crippen molar-refractivity contribution in [2.75, 3.05) is 75.3 Å². The number of fused-ring (bicyclic) bond motifs is 5. The number of carbonyl (C=O) groups is 6. The van der Waals surface area contributed by atoms with Crippen molar-refractivity contribution >= 4 is 69.2 Å². The lowest BCUT2D eigenvalue weighted by atomic mass is 9.94. The van der Waals surface area contributed by atoms with Gasteiger partial charge in [0.1, 0.15) is 29.7 Å². The third kappa shape index (κ3) is 8.73. The highest BCUT2D eigenvalue weighted by atomic mass is 19.1. The Morgan fingerprint density at radius 3 is 2.30 bits per heavy atom. The summed E-state index contributed by atoms with van der Waals surface area (Å²) in [5.74, 6) is 0.657. The average Bonchev–Trinajstić information content (AvgIpc) is 3.85. The molecule has 3 atom stereocenters. The molecule has 18 nitrogen and oxygen atoms in total. The predicted octanol–water partition coefficient (Wildman–Crippen LogP) is 3.45. The second-order valence-corrected chi connectivity index (χ2v) is 18.5. The number of ether oxygens (including phenoxy) is 1. The fourth-order valence-electron chi connectivity index (χ4n) is 10.9. The Morgan fingerprint density at radius 1 is 0.871 bits per heavy atom. The Balaban J connectivity index is 0.00000185. The summed E-state index contributed by atoms with van der Waals surface area (Å²) in [4.78, 5) is 96.6. The van der Waals surface area contributed by atoms with Crippen LogP contribution in [-0.2, 0) is 19.2 Å². The smallest absolute Gasteiger partial charge is 0.319 e. The molecular formula is C51H51FN10O8. The summed E-state index contributed by atoms with van der Waals surface area (Å²) >= 11 is 0. The first-order chi connectivity index (χ1) is 34.0. The zero-order chi connectivity index (χ0) is 48.6. The molecule has 0 aliphatic carbocycles. The largest absolute Gasteiger partial charge is 0.483 e. The maximum absolute atomic E-state index is 16.9. The molecule has 5 amide bonds. The third-order valence-corrected chi connectivity index (χ3v) is 14.4. The maximum Gasteiger partial charge on any atom is 0.319 e. The fraction of sp³-hybridized carbons (Fsp3) is 0.392. The lowest BCUT2D eigenvalue weighted by Crippen LogP contribution is -2.54. The number of piperazine rings is 2. The number of imide groups is 2.